The predicted molar refractivity (Wildman–Crippen MR) is 89.9 cm³/mol. The van der Waals surface area contributed by atoms with Crippen LogP contribution in [0.2, 0.25) is 0 Å². The van der Waals surface area contributed by atoms with Crippen LogP contribution in [0.25, 0.3) is 0 Å². The van der Waals surface area contributed by atoms with Crippen LogP contribution in [0.1, 0.15) is 22.8 Å². The van der Waals surface area contributed by atoms with Gasteiger partial charge in [0.15, 0.2) is 6.10 Å². The van der Waals surface area contributed by atoms with Crippen LogP contribution >= 0.6 is 0 Å². The van der Waals surface area contributed by atoms with E-state index in [4.69, 9.17) is 9.47 Å². The van der Waals surface area contributed by atoms with E-state index in [-0.39, 0.29) is 5.91 Å². The van der Waals surface area contributed by atoms with E-state index in [1.165, 1.54) is 0 Å². The number of hydrazine groups is 1. The summed E-state index contributed by atoms with van der Waals surface area (Å²) in [7, 11) is 1.57. The fraction of sp³-hybridized carbons (Fsp3) is 0.222. The van der Waals surface area contributed by atoms with Crippen LogP contribution in [-0.2, 0) is 4.79 Å². The van der Waals surface area contributed by atoms with Crippen molar-refractivity contribution in [3.8, 4) is 11.5 Å². The van der Waals surface area contributed by atoms with Crippen molar-refractivity contribution in [2.24, 2.45) is 0 Å². The average Bonchev–Trinajstić information content (AvgIpc) is 2.60. The zero-order chi connectivity index (χ0) is 17.5. The molecule has 0 bridgehead atoms. The van der Waals surface area contributed by atoms with E-state index in [9.17, 15) is 9.59 Å². The molecule has 2 amide bonds. The number of benzene rings is 2. The summed E-state index contributed by atoms with van der Waals surface area (Å²) >= 11 is 0. The lowest BCUT2D eigenvalue weighted by atomic mass is 10.1. The molecule has 126 valence electrons. The van der Waals surface area contributed by atoms with E-state index in [1.54, 1.807) is 56.5 Å². The third-order valence-electron chi connectivity index (χ3n) is 3.32. The molecule has 2 aromatic rings. The third-order valence-corrected chi connectivity index (χ3v) is 3.32. The van der Waals surface area contributed by atoms with Gasteiger partial charge in [-0.05, 0) is 50.2 Å². The van der Waals surface area contributed by atoms with Gasteiger partial charge in [0.1, 0.15) is 11.5 Å². The monoisotopic (exact) mass is 328 g/mol. The number of hydrogen-bond acceptors (Lipinski definition) is 4. The van der Waals surface area contributed by atoms with Crippen molar-refractivity contribution in [1.29, 1.82) is 0 Å². The Morgan fingerprint density at radius 2 is 1.67 bits per heavy atom. The van der Waals surface area contributed by atoms with E-state index < -0.39 is 12.0 Å². The van der Waals surface area contributed by atoms with Crippen LogP contribution in [0.15, 0.2) is 48.5 Å². The van der Waals surface area contributed by atoms with Gasteiger partial charge in [-0.3, -0.25) is 20.4 Å². The summed E-state index contributed by atoms with van der Waals surface area (Å²) in [6.07, 6.45) is -0.767. The molecule has 0 aliphatic heterocycles. The van der Waals surface area contributed by atoms with Gasteiger partial charge < -0.3 is 9.47 Å². The summed E-state index contributed by atoms with van der Waals surface area (Å²) in [6.45, 7) is 3.48. The van der Waals surface area contributed by atoms with Gasteiger partial charge in [-0.1, -0.05) is 17.7 Å². The lowest BCUT2D eigenvalue weighted by molar-refractivity contribution is -0.128. The van der Waals surface area contributed by atoms with Gasteiger partial charge in [-0.25, -0.2) is 0 Å². The van der Waals surface area contributed by atoms with Crippen LogP contribution in [0.4, 0.5) is 0 Å². The molecule has 0 aliphatic rings. The Kier molecular flexibility index (Phi) is 5.78. The second-order valence-electron chi connectivity index (χ2n) is 5.25. The molecule has 0 aromatic heterocycles. The molecule has 2 aromatic carbocycles. The van der Waals surface area contributed by atoms with Gasteiger partial charge in [-0.15, -0.1) is 0 Å². The smallest absolute Gasteiger partial charge is 0.279 e. The number of amides is 2. The minimum atomic E-state index is -0.767. The summed E-state index contributed by atoms with van der Waals surface area (Å²) in [5.41, 5.74) is 6.16. The molecule has 0 aliphatic carbocycles. The minimum absolute atomic E-state index is 0.385. The number of ether oxygens (including phenoxy) is 2. The number of methoxy groups -OCH3 is 1. The molecular weight excluding hydrogens is 308 g/mol. The molecule has 0 heterocycles. The Morgan fingerprint density at radius 3 is 2.29 bits per heavy atom. The lowest BCUT2D eigenvalue weighted by Crippen LogP contribution is -2.47. The van der Waals surface area contributed by atoms with E-state index in [0.717, 1.165) is 5.56 Å². The van der Waals surface area contributed by atoms with Crippen LogP contribution < -0.4 is 20.3 Å². The minimum Gasteiger partial charge on any atom is -0.497 e. The normalized spacial score (nSPS) is 11.3. The largest absolute Gasteiger partial charge is 0.497 e. The molecule has 0 spiro atoms. The second kappa shape index (κ2) is 8.01. The summed E-state index contributed by atoms with van der Waals surface area (Å²) < 4.78 is 10.6. The number of aryl methyl sites for hydroxylation is 1. The van der Waals surface area contributed by atoms with Crippen molar-refractivity contribution in [3.05, 3.63) is 59.7 Å². The van der Waals surface area contributed by atoms with Gasteiger partial charge in [0.05, 0.1) is 7.11 Å². The van der Waals surface area contributed by atoms with E-state index in [0.29, 0.717) is 17.1 Å². The van der Waals surface area contributed by atoms with E-state index >= 15 is 0 Å². The molecule has 1 atom stereocenters. The molecule has 0 saturated carbocycles. The van der Waals surface area contributed by atoms with Gasteiger partial charge in [0.2, 0.25) is 0 Å². The zero-order valence-electron chi connectivity index (χ0n) is 13.8. The first-order valence-electron chi connectivity index (χ1n) is 7.47. The topological polar surface area (TPSA) is 76.7 Å². The van der Waals surface area contributed by atoms with Crippen molar-refractivity contribution in [3.63, 3.8) is 0 Å². The maximum Gasteiger partial charge on any atom is 0.279 e. The maximum atomic E-state index is 12.0. The molecule has 0 saturated heterocycles. The van der Waals surface area contributed by atoms with Crippen LogP contribution in [-0.4, -0.2) is 25.0 Å². The first-order valence-corrected chi connectivity index (χ1v) is 7.47. The summed E-state index contributed by atoms with van der Waals surface area (Å²) in [5, 5.41) is 0. The van der Waals surface area contributed by atoms with Crippen molar-refractivity contribution in [1.82, 2.24) is 10.9 Å². The average molecular weight is 328 g/mol. The van der Waals surface area contributed by atoms with Crippen molar-refractivity contribution < 1.29 is 19.1 Å². The lowest BCUT2D eigenvalue weighted by Gasteiger charge is -2.15. The Labute approximate surface area is 140 Å². The summed E-state index contributed by atoms with van der Waals surface area (Å²) in [4.78, 5) is 24.0. The molecule has 6 heteroatoms. The number of carbonyl (C=O) groups is 2. The maximum absolute atomic E-state index is 12.0. The predicted octanol–water partition coefficient (Wildman–Crippen LogP) is 2.23. The highest BCUT2D eigenvalue weighted by atomic mass is 16.5. The molecule has 2 rings (SSSR count). The fourth-order valence-electron chi connectivity index (χ4n) is 1.99. The highest BCUT2D eigenvalue weighted by molar-refractivity contribution is 5.95. The fourth-order valence-corrected chi connectivity index (χ4v) is 1.99. The van der Waals surface area contributed by atoms with Gasteiger partial charge in [-0.2, -0.15) is 0 Å². The van der Waals surface area contributed by atoms with E-state index in [2.05, 4.69) is 10.9 Å². The number of nitrogens with one attached hydrogen (secondary N) is 2. The molecular formula is C18H20N2O4. The van der Waals surface area contributed by atoms with Crippen LogP contribution in [0.5, 0.6) is 11.5 Å². The van der Waals surface area contributed by atoms with Crippen molar-refractivity contribution in [2.75, 3.05) is 7.11 Å². The Balaban J connectivity index is 1.85. The standard InChI is InChI=1S/C18H20N2O4/c1-12-5-4-6-14(11-12)18(22)20-19-17(21)13(2)24-16-9-7-15(23-3)8-10-16/h4-11,13H,1-3H3,(H,19,21)(H,20,22). The van der Waals surface area contributed by atoms with Gasteiger partial charge >= 0.3 is 0 Å². The van der Waals surface area contributed by atoms with Crippen molar-refractivity contribution >= 4 is 11.8 Å². The molecule has 0 radical (unpaired) electrons. The second-order valence-corrected chi connectivity index (χ2v) is 5.25. The first-order chi connectivity index (χ1) is 11.5. The molecule has 1 unspecified atom stereocenters. The number of rotatable bonds is 5. The Bertz CT molecular complexity index is 713. The van der Waals surface area contributed by atoms with E-state index in [1.807, 2.05) is 13.0 Å². The quantitative estimate of drug-likeness (QED) is 0.825. The van der Waals surface area contributed by atoms with Crippen LogP contribution in [0.3, 0.4) is 0 Å². The van der Waals surface area contributed by atoms with Gasteiger partial charge in [0.25, 0.3) is 11.8 Å². The Hall–Kier alpha value is -3.02. The highest BCUT2D eigenvalue weighted by Crippen LogP contribution is 2.18. The van der Waals surface area contributed by atoms with Crippen LogP contribution in [0, 0.1) is 6.92 Å². The third kappa shape index (κ3) is 4.74. The highest BCUT2D eigenvalue weighted by Gasteiger charge is 2.16. The first kappa shape index (κ1) is 17.3. The van der Waals surface area contributed by atoms with Crippen molar-refractivity contribution in [2.45, 2.75) is 20.0 Å². The molecule has 0 fully saturated rings. The zero-order valence-corrected chi connectivity index (χ0v) is 13.8. The SMILES string of the molecule is COc1ccc(OC(C)C(=O)NNC(=O)c2cccc(C)c2)cc1. The number of carbonyl (C=O) groups excluding carboxylic acids is 2. The summed E-state index contributed by atoms with van der Waals surface area (Å²) in [5.74, 6) is 0.392. The molecule has 2 N–H and O–H groups in total. The van der Waals surface area contributed by atoms with Gasteiger partial charge in [0, 0.05) is 5.56 Å². The summed E-state index contributed by atoms with van der Waals surface area (Å²) in [6, 6.07) is 14.0. The Morgan fingerprint density at radius 1 is 1.00 bits per heavy atom. The number of hydrogen-bond donors (Lipinski definition) is 2. The molecule has 6 nitrogen and oxygen atoms in total. The molecule has 24 heavy (non-hydrogen) atoms.